The SMILES string of the molecule is C=CCC(CO)COS(=O)(=O)c1ccccc1. The van der Waals surface area contributed by atoms with Gasteiger partial charge in [-0.1, -0.05) is 24.3 Å². The van der Waals surface area contributed by atoms with Gasteiger partial charge in [-0.2, -0.15) is 8.42 Å². The van der Waals surface area contributed by atoms with Crippen LogP contribution >= 0.6 is 0 Å². The van der Waals surface area contributed by atoms with Crippen molar-refractivity contribution in [2.24, 2.45) is 5.92 Å². The van der Waals surface area contributed by atoms with Crippen molar-refractivity contribution in [2.45, 2.75) is 11.3 Å². The van der Waals surface area contributed by atoms with Crippen molar-refractivity contribution >= 4 is 10.1 Å². The van der Waals surface area contributed by atoms with Crippen LogP contribution in [0.1, 0.15) is 6.42 Å². The van der Waals surface area contributed by atoms with Crippen molar-refractivity contribution in [1.82, 2.24) is 0 Å². The lowest BCUT2D eigenvalue weighted by atomic mass is 10.1. The highest BCUT2D eigenvalue weighted by molar-refractivity contribution is 7.86. The first-order valence-corrected chi connectivity index (χ1v) is 6.67. The van der Waals surface area contributed by atoms with E-state index >= 15 is 0 Å². The lowest BCUT2D eigenvalue weighted by Gasteiger charge is -2.12. The predicted molar refractivity (Wildman–Crippen MR) is 65.0 cm³/mol. The molecule has 0 aromatic heterocycles. The molecule has 0 saturated heterocycles. The zero-order valence-electron chi connectivity index (χ0n) is 9.45. The molecule has 1 aromatic carbocycles. The second-order valence-electron chi connectivity index (χ2n) is 3.62. The van der Waals surface area contributed by atoms with E-state index in [4.69, 9.17) is 9.29 Å². The third-order valence-corrected chi connectivity index (χ3v) is 3.54. The van der Waals surface area contributed by atoms with Gasteiger partial charge in [-0.3, -0.25) is 4.18 Å². The van der Waals surface area contributed by atoms with E-state index in [9.17, 15) is 8.42 Å². The van der Waals surface area contributed by atoms with Gasteiger partial charge in [-0.05, 0) is 18.6 Å². The van der Waals surface area contributed by atoms with E-state index in [-0.39, 0.29) is 24.0 Å². The van der Waals surface area contributed by atoms with Gasteiger partial charge in [0.15, 0.2) is 0 Å². The molecule has 0 heterocycles. The van der Waals surface area contributed by atoms with Gasteiger partial charge in [0.2, 0.25) is 0 Å². The molecule has 1 aromatic rings. The standard InChI is InChI=1S/C12H16O4S/c1-2-6-11(9-13)10-16-17(14,15)12-7-4-3-5-8-12/h2-5,7-8,11,13H,1,6,9-10H2. The first-order valence-electron chi connectivity index (χ1n) is 5.26. The molecule has 0 aliphatic rings. The Morgan fingerprint density at radius 3 is 2.53 bits per heavy atom. The molecule has 1 unspecified atom stereocenters. The summed E-state index contributed by atoms with van der Waals surface area (Å²) in [6, 6.07) is 7.92. The molecule has 0 spiro atoms. The Morgan fingerprint density at radius 2 is 2.00 bits per heavy atom. The number of allylic oxidation sites excluding steroid dienone is 1. The van der Waals surface area contributed by atoms with Crippen molar-refractivity contribution in [2.75, 3.05) is 13.2 Å². The Bertz CT molecular complexity index is 439. The lowest BCUT2D eigenvalue weighted by Crippen LogP contribution is -2.17. The van der Waals surface area contributed by atoms with E-state index in [1.54, 1.807) is 24.3 Å². The van der Waals surface area contributed by atoms with Gasteiger partial charge in [0, 0.05) is 12.5 Å². The van der Waals surface area contributed by atoms with Crippen molar-refractivity contribution in [3.05, 3.63) is 43.0 Å². The minimum absolute atomic E-state index is 0.0419. The number of rotatable bonds is 7. The van der Waals surface area contributed by atoms with Gasteiger partial charge < -0.3 is 5.11 Å². The summed E-state index contributed by atoms with van der Waals surface area (Å²) in [6.45, 7) is 3.36. The summed E-state index contributed by atoms with van der Waals surface area (Å²) in [5, 5.41) is 9.00. The van der Waals surface area contributed by atoms with Crippen LogP contribution in [0.2, 0.25) is 0 Å². The minimum Gasteiger partial charge on any atom is -0.396 e. The maximum absolute atomic E-state index is 11.7. The van der Waals surface area contributed by atoms with Crippen molar-refractivity contribution in [3.8, 4) is 0 Å². The average molecular weight is 256 g/mol. The molecule has 0 radical (unpaired) electrons. The molecule has 0 amide bonds. The lowest BCUT2D eigenvalue weighted by molar-refractivity contribution is 0.168. The highest BCUT2D eigenvalue weighted by Gasteiger charge is 2.17. The summed E-state index contributed by atoms with van der Waals surface area (Å²) in [7, 11) is -3.73. The van der Waals surface area contributed by atoms with Gasteiger partial charge >= 0.3 is 0 Å². The van der Waals surface area contributed by atoms with E-state index in [0.29, 0.717) is 6.42 Å². The zero-order valence-corrected chi connectivity index (χ0v) is 10.3. The van der Waals surface area contributed by atoms with Crippen LogP contribution < -0.4 is 0 Å². The van der Waals surface area contributed by atoms with Crippen LogP contribution in [0.25, 0.3) is 0 Å². The molecule has 1 atom stereocenters. The molecular weight excluding hydrogens is 240 g/mol. The second-order valence-corrected chi connectivity index (χ2v) is 5.24. The molecule has 17 heavy (non-hydrogen) atoms. The normalized spacial score (nSPS) is 13.2. The van der Waals surface area contributed by atoms with Gasteiger partial charge in [-0.15, -0.1) is 6.58 Å². The fraction of sp³-hybridized carbons (Fsp3) is 0.333. The summed E-state index contributed by atoms with van der Waals surface area (Å²) in [5.74, 6) is -0.244. The first kappa shape index (κ1) is 13.9. The van der Waals surface area contributed by atoms with E-state index in [2.05, 4.69) is 6.58 Å². The fourth-order valence-corrected chi connectivity index (χ4v) is 2.27. The molecule has 1 rings (SSSR count). The van der Waals surface area contributed by atoms with Crippen molar-refractivity contribution in [3.63, 3.8) is 0 Å². The van der Waals surface area contributed by atoms with Crippen LogP contribution in [0.5, 0.6) is 0 Å². The summed E-state index contributed by atoms with van der Waals surface area (Å²) < 4.78 is 28.3. The summed E-state index contributed by atoms with van der Waals surface area (Å²) in [5.41, 5.74) is 0. The Hall–Kier alpha value is -1.17. The maximum Gasteiger partial charge on any atom is 0.296 e. The van der Waals surface area contributed by atoms with Crippen LogP contribution in [-0.4, -0.2) is 26.7 Å². The Kier molecular flexibility index (Phi) is 5.34. The van der Waals surface area contributed by atoms with E-state index in [1.807, 2.05) is 0 Å². The smallest absolute Gasteiger partial charge is 0.296 e. The Labute approximate surface area is 102 Å². The van der Waals surface area contributed by atoms with Crippen LogP contribution in [0, 0.1) is 5.92 Å². The third-order valence-electron chi connectivity index (χ3n) is 2.25. The van der Waals surface area contributed by atoms with Gasteiger partial charge in [0.25, 0.3) is 10.1 Å². The van der Waals surface area contributed by atoms with Gasteiger partial charge in [-0.25, -0.2) is 0 Å². The number of aliphatic hydroxyl groups is 1. The van der Waals surface area contributed by atoms with Gasteiger partial charge in [0.1, 0.15) is 0 Å². The highest BCUT2D eigenvalue weighted by Crippen LogP contribution is 2.13. The van der Waals surface area contributed by atoms with Crippen LogP contribution in [0.3, 0.4) is 0 Å². The second kappa shape index (κ2) is 6.54. The molecule has 4 nitrogen and oxygen atoms in total. The molecule has 94 valence electrons. The highest BCUT2D eigenvalue weighted by atomic mass is 32.2. The predicted octanol–water partition coefficient (Wildman–Crippen LogP) is 1.58. The largest absolute Gasteiger partial charge is 0.396 e. The zero-order chi connectivity index (χ0) is 12.7. The van der Waals surface area contributed by atoms with Crippen LogP contribution in [0.15, 0.2) is 47.9 Å². The summed E-state index contributed by atoms with van der Waals surface area (Å²) >= 11 is 0. The summed E-state index contributed by atoms with van der Waals surface area (Å²) in [4.78, 5) is 0.121. The number of hydrogen-bond acceptors (Lipinski definition) is 4. The van der Waals surface area contributed by atoms with Crippen molar-refractivity contribution < 1.29 is 17.7 Å². The monoisotopic (exact) mass is 256 g/mol. The van der Waals surface area contributed by atoms with Crippen LogP contribution in [-0.2, 0) is 14.3 Å². The number of hydrogen-bond donors (Lipinski definition) is 1. The topological polar surface area (TPSA) is 63.6 Å². The van der Waals surface area contributed by atoms with Gasteiger partial charge in [0.05, 0.1) is 11.5 Å². The maximum atomic E-state index is 11.7. The molecule has 1 N–H and O–H groups in total. The molecule has 0 saturated carbocycles. The minimum atomic E-state index is -3.73. The van der Waals surface area contributed by atoms with Crippen LogP contribution in [0.4, 0.5) is 0 Å². The molecule has 0 fully saturated rings. The summed E-state index contributed by atoms with van der Waals surface area (Å²) in [6.07, 6.45) is 2.14. The Balaban J connectivity index is 2.65. The molecular formula is C12H16O4S. The molecule has 0 aliphatic carbocycles. The Morgan fingerprint density at radius 1 is 1.35 bits per heavy atom. The number of aliphatic hydroxyl groups excluding tert-OH is 1. The quantitative estimate of drug-likeness (QED) is 0.594. The molecule has 0 bridgehead atoms. The van der Waals surface area contributed by atoms with Crippen molar-refractivity contribution in [1.29, 1.82) is 0 Å². The fourth-order valence-electron chi connectivity index (χ4n) is 1.27. The number of benzene rings is 1. The van der Waals surface area contributed by atoms with E-state index < -0.39 is 10.1 Å². The first-order chi connectivity index (χ1) is 8.10. The third kappa shape index (κ3) is 4.30. The van der Waals surface area contributed by atoms with E-state index in [0.717, 1.165) is 0 Å². The average Bonchev–Trinajstić information content (AvgIpc) is 2.35. The molecule has 5 heteroatoms. The van der Waals surface area contributed by atoms with E-state index in [1.165, 1.54) is 12.1 Å². The molecule has 0 aliphatic heterocycles.